The molecule has 0 unspecified atom stereocenters. The number of ether oxygens (including phenoxy) is 1. The van der Waals surface area contributed by atoms with Crippen molar-refractivity contribution in [2.24, 2.45) is 17.8 Å². The largest absolute Gasteiger partial charge is 0.472 e. The maximum absolute atomic E-state index is 6.40. The zero-order chi connectivity index (χ0) is 18.2. The minimum atomic E-state index is 0.143. The van der Waals surface area contributed by atoms with Crippen LogP contribution >= 0.6 is 0 Å². The molecule has 2 aromatic rings. The molecule has 0 aromatic carbocycles. The summed E-state index contributed by atoms with van der Waals surface area (Å²) in [6.45, 7) is 5.92. The highest BCUT2D eigenvalue weighted by Gasteiger charge is 2.44. The number of aromatic nitrogens is 3. The first kappa shape index (κ1) is 17.2. The van der Waals surface area contributed by atoms with Gasteiger partial charge in [-0.2, -0.15) is 5.10 Å². The average Bonchev–Trinajstić information content (AvgIpc) is 3.24. The van der Waals surface area contributed by atoms with Crippen molar-refractivity contribution >= 4 is 0 Å². The van der Waals surface area contributed by atoms with Crippen LogP contribution in [0, 0.1) is 24.7 Å². The number of hydrogen-bond acceptors (Lipinski definition) is 4. The second-order valence-corrected chi connectivity index (χ2v) is 8.90. The molecule has 4 atom stereocenters. The predicted molar refractivity (Wildman–Crippen MR) is 105 cm³/mol. The summed E-state index contributed by atoms with van der Waals surface area (Å²) in [6, 6.07) is 6.20. The second-order valence-electron chi connectivity index (χ2n) is 8.90. The van der Waals surface area contributed by atoms with E-state index in [-0.39, 0.29) is 6.10 Å². The van der Waals surface area contributed by atoms with Crippen LogP contribution in [0.1, 0.15) is 43.7 Å². The summed E-state index contributed by atoms with van der Waals surface area (Å²) >= 11 is 0. The number of nitrogens with zero attached hydrogens (tertiary/aromatic N) is 4. The Morgan fingerprint density at radius 3 is 2.67 bits per heavy atom. The van der Waals surface area contributed by atoms with Crippen molar-refractivity contribution in [3.05, 3.63) is 42.4 Å². The Kier molecular flexibility index (Phi) is 4.64. The fourth-order valence-corrected chi connectivity index (χ4v) is 5.27. The Balaban J connectivity index is 1.33. The molecule has 1 saturated heterocycles. The minimum absolute atomic E-state index is 0.143. The van der Waals surface area contributed by atoms with Gasteiger partial charge in [0, 0.05) is 38.1 Å². The third-order valence-corrected chi connectivity index (χ3v) is 6.88. The zero-order valence-corrected chi connectivity index (χ0v) is 16.2. The van der Waals surface area contributed by atoms with E-state index >= 15 is 0 Å². The summed E-state index contributed by atoms with van der Waals surface area (Å²) in [5.74, 6) is 3.20. The van der Waals surface area contributed by atoms with Crippen molar-refractivity contribution in [1.29, 1.82) is 0 Å². The molecule has 27 heavy (non-hydrogen) atoms. The van der Waals surface area contributed by atoms with Crippen LogP contribution in [-0.4, -0.2) is 45.4 Å². The molecular weight excluding hydrogens is 336 g/mol. The number of rotatable bonds is 5. The van der Waals surface area contributed by atoms with Crippen LogP contribution in [0.4, 0.5) is 0 Å². The molecule has 0 amide bonds. The van der Waals surface area contributed by atoms with Crippen molar-refractivity contribution in [3.63, 3.8) is 0 Å². The molecule has 0 bridgehead atoms. The normalized spacial score (nSPS) is 31.4. The molecule has 2 aliphatic carbocycles. The molecule has 3 fully saturated rings. The van der Waals surface area contributed by atoms with Gasteiger partial charge in [0.25, 0.3) is 0 Å². The van der Waals surface area contributed by atoms with E-state index < -0.39 is 0 Å². The van der Waals surface area contributed by atoms with Crippen LogP contribution in [0.2, 0.25) is 0 Å². The summed E-state index contributed by atoms with van der Waals surface area (Å²) in [7, 11) is 0. The Hall–Kier alpha value is -1.88. The molecule has 3 aliphatic rings. The van der Waals surface area contributed by atoms with E-state index in [0.29, 0.717) is 6.04 Å². The SMILES string of the molecule is Cc1cnn([C@H]2C[C@H]3CN(CC4CCC4)C[C@H]3C[C@@H]2Oc2ccccn2)c1. The van der Waals surface area contributed by atoms with E-state index in [1.807, 2.05) is 30.6 Å². The molecule has 0 radical (unpaired) electrons. The first-order valence-electron chi connectivity index (χ1n) is 10.6. The molecule has 0 spiro atoms. The lowest BCUT2D eigenvalue weighted by Crippen LogP contribution is -2.40. The Labute approximate surface area is 161 Å². The van der Waals surface area contributed by atoms with Crippen molar-refractivity contribution in [2.75, 3.05) is 19.6 Å². The summed E-state index contributed by atoms with van der Waals surface area (Å²) in [5, 5.41) is 4.64. The standard InChI is InChI=1S/C22H30N4O/c1-16-11-24-26(12-16)20-9-18-14-25(13-17-5-4-6-17)15-19(18)10-21(20)27-22-7-2-3-8-23-22/h2-3,7-8,11-12,17-21H,4-6,9-10,13-15H2,1H3/t18-,19+,20-,21-/m0/s1. The van der Waals surface area contributed by atoms with Gasteiger partial charge in [-0.15, -0.1) is 0 Å². The summed E-state index contributed by atoms with van der Waals surface area (Å²) in [6.07, 6.45) is 12.7. The van der Waals surface area contributed by atoms with E-state index in [2.05, 4.69) is 32.8 Å². The van der Waals surface area contributed by atoms with Crippen LogP contribution in [-0.2, 0) is 0 Å². The molecule has 5 heteroatoms. The summed E-state index contributed by atoms with van der Waals surface area (Å²) in [4.78, 5) is 7.13. The van der Waals surface area contributed by atoms with Gasteiger partial charge in [-0.25, -0.2) is 4.98 Å². The molecule has 2 aromatic heterocycles. The first-order valence-corrected chi connectivity index (χ1v) is 10.6. The van der Waals surface area contributed by atoms with Gasteiger partial charge in [-0.1, -0.05) is 12.5 Å². The van der Waals surface area contributed by atoms with E-state index in [4.69, 9.17) is 4.74 Å². The Morgan fingerprint density at radius 2 is 2.00 bits per heavy atom. The Morgan fingerprint density at radius 1 is 1.15 bits per heavy atom. The summed E-state index contributed by atoms with van der Waals surface area (Å²) < 4.78 is 8.54. The van der Waals surface area contributed by atoms with Crippen LogP contribution < -0.4 is 4.74 Å². The molecule has 3 heterocycles. The van der Waals surface area contributed by atoms with E-state index in [0.717, 1.165) is 36.5 Å². The molecule has 5 nitrogen and oxygen atoms in total. The van der Waals surface area contributed by atoms with E-state index in [1.54, 1.807) is 0 Å². The van der Waals surface area contributed by atoms with Crippen LogP contribution in [0.3, 0.4) is 0 Å². The lowest BCUT2D eigenvalue weighted by Gasteiger charge is -2.37. The van der Waals surface area contributed by atoms with Gasteiger partial charge in [-0.05, 0) is 62.0 Å². The van der Waals surface area contributed by atoms with Gasteiger partial charge in [0.1, 0.15) is 6.10 Å². The number of hydrogen-bond donors (Lipinski definition) is 0. The van der Waals surface area contributed by atoms with Crippen LogP contribution in [0.5, 0.6) is 5.88 Å². The zero-order valence-electron chi connectivity index (χ0n) is 16.2. The highest BCUT2D eigenvalue weighted by atomic mass is 16.5. The molecule has 1 aliphatic heterocycles. The van der Waals surface area contributed by atoms with Crippen molar-refractivity contribution < 1.29 is 4.74 Å². The van der Waals surface area contributed by atoms with Gasteiger partial charge in [0.15, 0.2) is 0 Å². The van der Waals surface area contributed by atoms with Gasteiger partial charge in [0.05, 0.1) is 12.2 Å². The van der Waals surface area contributed by atoms with Crippen LogP contribution in [0.25, 0.3) is 0 Å². The van der Waals surface area contributed by atoms with E-state index in [1.165, 1.54) is 44.5 Å². The fraction of sp³-hybridized carbons (Fsp3) is 0.636. The minimum Gasteiger partial charge on any atom is -0.472 e. The molecule has 144 valence electrons. The number of pyridine rings is 1. The molecule has 0 N–H and O–H groups in total. The fourth-order valence-electron chi connectivity index (χ4n) is 5.27. The first-order chi connectivity index (χ1) is 13.2. The van der Waals surface area contributed by atoms with Gasteiger partial charge < -0.3 is 9.64 Å². The second kappa shape index (κ2) is 7.27. The predicted octanol–water partition coefficient (Wildman–Crippen LogP) is 3.72. The number of likely N-dealkylation sites (tertiary alicyclic amines) is 1. The van der Waals surface area contributed by atoms with Crippen molar-refractivity contribution in [2.45, 2.75) is 51.2 Å². The smallest absolute Gasteiger partial charge is 0.213 e. The van der Waals surface area contributed by atoms with Crippen molar-refractivity contribution in [1.82, 2.24) is 19.7 Å². The molecule has 5 rings (SSSR count). The quantitative estimate of drug-likeness (QED) is 0.809. The number of fused-ring (bicyclic) bond motifs is 1. The monoisotopic (exact) mass is 366 g/mol. The van der Waals surface area contributed by atoms with Crippen LogP contribution in [0.15, 0.2) is 36.8 Å². The lowest BCUT2D eigenvalue weighted by atomic mass is 9.77. The third kappa shape index (κ3) is 3.62. The maximum Gasteiger partial charge on any atom is 0.213 e. The van der Waals surface area contributed by atoms with Gasteiger partial charge >= 0.3 is 0 Å². The highest BCUT2D eigenvalue weighted by Crippen LogP contribution is 2.43. The molecular formula is C22H30N4O. The topological polar surface area (TPSA) is 43.2 Å². The maximum atomic E-state index is 6.40. The Bertz CT molecular complexity index is 757. The van der Waals surface area contributed by atoms with Gasteiger partial charge in [-0.3, -0.25) is 4.68 Å². The average molecular weight is 367 g/mol. The lowest BCUT2D eigenvalue weighted by molar-refractivity contribution is 0.0459. The number of aryl methyl sites for hydroxylation is 1. The summed E-state index contributed by atoms with van der Waals surface area (Å²) in [5.41, 5.74) is 1.21. The highest BCUT2D eigenvalue weighted by molar-refractivity contribution is 5.11. The van der Waals surface area contributed by atoms with Crippen molar-refractivity contribution in [3.8, 4) is 5.88 Å². The van der Waals surface area contributed by atoms with Gasteiger partial charge in [0.2, 0.25) is 5.88 Å². The molecule has 2 saturated carbocycles. The van der Waals surface area contributed by atoms with E-state index in [9.17, 15) is 0 Å². The third-order valence-electron chi connectivity index (χ3n) is 6.88.